The first-order valence-electron chi connectivity index (χ1n) is 5.45. The van der Waals surface area contributed by atoms with Gasteiger partial charge < -0.3 is 5.11 Å². The molecule has 0 aliphatic heterocycles. The van der Waals surface area contributed by atoms with Gasteiger partial charge in [-0.2, -0.15) is 0 Å². The summed E-state index contributed by atoms with van der Waals surface area (Å²) >= 11 is 0. The molecule has 1 N–H and O–H groups in total. The number of rotatable bonds is 8. The minimum absolute atomic E-state index is 0.371. The number of nitrogens with zero attached hydrogens (tertiary/aromatic N) is 1. The second-order valence-electron chi connectivity index (χ2n) is 3.68. The number of hydrogen-bond donors (Lipinski definition) is 1. The Labute approximate surface area is 85.5 Å². The minimum atomic E-state index is -0.781. The molecule has 0 aromatic rings. The van der Waals surface area contributed by atoms with Gasteiger partial charge in [-0.15, -0.1) is 0 Å². The van der Waals surface area contributed by atoms with Gasteiger partial charge in [-0.05, 0) is 6.42 Å². The molecule has 0 spiro atoms. The van der Waals surface area contributed by atoms with Gasteiger partial charge in [0.2, 0.25) is 6.04 Å². The van der Waals surface area contributed by atoms with Crippen LogP contribution in [0.1, 0.15) is 52.4 Å². The molecule has 0 heterocycles. The first-order chi connectivity index (χ1) is 6.63. The van der Waals surface area contributed by atoms with Gasteiger partial charge in [0.1, 0.15) is 6.10 Å². The first kappa shape index (κ1) is 13.4. The highest BCUT2D eigenvalue weighted by Crippen LogP contribution is 2.12. The van der Waals surface area contributed by atoms with Crippen LogP contribution in [0.3, 0.4) is 0 Å². The average Bonchev–Trinajstić information content (AvgIpc) is 2.13. The van der Waals surface area contributed by atoms with Crippen LogP contribution >= 0.6 is 0 Å². The molecule has 4 heteroatoms. The molecule has 0 aromatic heterocycles. The molecular weight excluding hydrogens is 182 g/mol. The monoisotopic (exact) mass is 203 g/mol. The van der Waals surface area contributed by atoms with E-state index < -0.39 is 12.1 Å². The van der Waals surface area contributed by atoms with E-state index in [0.29, 0.717) is 12.8 Å². The lowest BCUT2D eigenvalue weighted by molar-refractivity contribution is -0.534. The fourth-order valence-electron chi connectivity index (χ4n) is 1.53. The fourth-order valence-corrected chi connectivity index (χ4v) is 1.53. The summed E-state index contributed by atoms with van der Waals surface area (Å²) in [5, 5.41) is 20.0. The summed E-state index contributed by atoms with van der Waals surface area (Å²) in [4.78, 5) is 10.1. The van der Waals surface area contributed by atoms with Gasteiger partial charge in [0.05, 0.1) is 0 Å². The maximum atomic E-state index is 10.5. The molecule has 4 nitrogen and oxygen atoms in total. The molecule has 0 radical (unpaired) electrons. The maximum absolute atomic E-state index is 10.5. The molecule has 2 unspecified atom stereocenters. The van der Waals surface area contributed by atoms with Gasteiger partial charge in [0.25, 0.3) is 0 Å². The van der Waals surface area contributed by atoms with Crippen molar-refractivity contribution in [2.24, 2.45) is 0 Å². The van der Waals surface area contributed by atoms with E-state index in [2.05, 4.69) is 6.92 Å². The lowest BCUT2D eigenvalue weighted by atomic mass is 10.0. The highest BCUT2D eigenvalue weighted by molar-refractivity contribution is 4.66. The van der Waals surface area contributed by atoms with Crippen molar-refractivity contribution in [2.75, 3.05) is 0 Å². The molecule has 0 saturated carbocycles. The van der Waals surface area contributed by atoms with Gasteiger partial charge in [0, 0.05) is 11.3 Å². The Morgan fingerprint density at radius 1 is 1.29 bits per heavy atom. The van der Waals surface area contributed by atoms with E-state index in [-0.39, 0.29) is 4.92 Å². The molecule has 0 saturated heterocycles. The molecule has 0 amide bonds. The predicted octanol–water partition coefficient (Wildman–Crippen LogP) is 2.37. The summed E-state index contributed by atoms with van der Waals surface area (Å²) in [5.74, 6) is 0. The Bertz CT molecular complexity index is 161. The Morgan fingerprint density at radius 2 is 1.93 bits per heavy atom. The standard InChI is InChI=1S/C10H21NO3/c1-3-5-6-7-8-10(12)9(4-2)11(13)14/h9-10,12H,3-8H2,1-2H3. The van der Waals surface area contributed by atoms with Crippen molar-refractivity contribution in [2.45, 2.75) is 64.5 Å². The van der Waals surface area contributed by atoms with Gasteiger partial charge in [0.15, 0.2) is 0 Å². The van der Waals surface area contributed by atoms with E-state index in [1.807, 2.05) is 0 Å². The zero-order chi connectivity index (χ0) is 11.0. The molecule has 0 aliphatic rings. The summed E-state index contributed by atoms with van der Waals surface area (Å²) in [5.41, 5.74) is 0. The van der Waals surface area contributed by atoms with Crippen molar-refractivity contribution in [3.63, 3.8) is 0 Å². The highest BCUT2D eigenvalue weighted by atomic mass is 16.6. The smallest absolute Gasteiger partial charge is 0.238 e. The third kappa shape index (κ3) is 5.17. The average molecular weight is 203 g/mol. The summed E-state index contributed by atoms with van der Waals surface area (Å²) < 4.78 is 0. The van der Waals surface area contributed by atoms with Crippen LogP contribution in [0.5, 0.6) is 0 Å². The zero-order valence-corrected chi connectivity index (χ0v) is 9.11. The summed E-state index contributed by atoms with van der Waals surface area (Å²) in [6, 6.07) is -0.781. The van der Waals surface area contributed by atoms with Crippen LogP contribution in [0.25, 0.3) is 0 Å². The van der Waals surface area contributed by atoms with E-state index in [9.17, 15) is 15.2 Å². The van der Waals surface area contributed by atoms with Crippen molar-refractivity contribution < 1.29 is 10.0 Å². The second kappa shape index (κ2) is 7.74. The van der Waals surface area contributed by atoms with Crippen molar-refractivity contribution >= 4 is 0 Å². The normalized spacial score (nSPS) is 15.1. The topological polar surface area (TPSA) is 63.4 Å². The van der Waals surface area contributed by atoms with E-state index >= 15 is 0 Å². The Kier molecular flexibility index (Phi) is 7.38. The zero-order valence-electron chi connectivity index (χ0n) is 9.11. The number of hydrogen-bond acceptors (Lipinski definition) is 3. The number of aliphatic hydroxyl groups excluding tert-OH is 1. The molecule has 0 fully saturated rings. The highest BCUT2D eigenvalue weighted by Gasteiger charge is 2.26. The molecule has 14 heavy (non-hydrogen) atoms. The van der Waals surface area contributed by atoms with Gasteiger partial charge >= 0.3 is 0 Å². The van der Waals surface area contributed by atoms with Crippen LogP contribution in [0.4, 0.5) is 0 Å². The van der Waals surface area contributed by atoms with Crippen molar-refractivity contribution in [1.29, 1.82) is 0 Å². The van der Waals surface area contributed by atoms with Crippen LogP contribution in [-0.4, -0.2) is 22.2 Å². The Balaban J connectivity index is 3.69. The summed E-state index contributed by atoms with van der Waals surface area (Å²) in [6.07, 6.45) is 4.42. The SMILES string of the molecule is CCCCCCC(O)C(CC)[N+](=O)[O-]. The molecule has 0 aromatic carbocycles. The number of unbranched alkanes of at least 4 members (excludes halogenated alkanes) is 3. The maximum Gasteiger partial charge on any atom is 0.238 e. The van der Waals surface area contributed by atoms with Crippen LogP contribution in [0, 0.1) is 10.1 Å². The fraction of sp³-hybridized carbons (Fsp3) is 1.00. The van der Waals surface area contributed by atoms with Crippen LogP contribution in [0.2, 0.25) is 0 Å². The van der Waals surface area contributed by atoms with E-state index in [0.717, 1.165) is 25.7 Å². The number of nitro groups is 1. The molecule has 84 valence electrons. The quantitative estimate of drug-likeness (QED) is 0.374. The third-order valence-electron chi connectivity index (χ3n) is 2.49. The van der Waals surface area contributed by atoms with Gasteiger partial charge in [-0.3, -0.25) is 10.1 Å². The van der Waals surface area contributed by atoms with Crippen molar-refractivity contribution in [3.05, 3.63) is 10.1 Å². The predicted molar refractivity (Wildman–Crippen MR) is 55.8 cm³/mol. The summed E-state index contributed by atoms with van der Waals surface area (Å²) in [7, 11) is 0. The molecule has 0 rings (SSSR count). The molecular formula is C10H21NO3. The second-order valence-corrected chi connectivity index (χ2v) is 3.68. The Hall–Kier alpha value is -0.640. The Morgan fingerprint density at radius 3 is 2.36 bits per heavy atom. The minimum Gasteiger partial charge on any atom is -0.386 e. The van der Waals surface area contributed by atoms with E-state index in [1.54, 1.807) is 6.92 Å². The summed E-state index contributed by atoms with van der Waals surface area (Å²) in [6.45, 7) is 3.85. The van der Waals surface area contributed by atoms with Crippen LogP contribution in [0.15, 0.2) is 0 Å². The van der Waals surface area contributed by atoms with Crippen molar-refractivity contribution in [3.8, 4) is 0 Å². The van der Waals surface area contributed by atoms with E-state index in [1.165, 1.54) is 0 Å². The lowest BCUT2D eigenvalue weighted by Gasteiger charge is -2.13. The number of aliphatic hydroxyl groups is 1. The largest absolute Gasteiger partial charge is 0.386 e. The van der Waals surface area contributed by atoms with Gasteiger partial charge in [-0.25, -0.2) is 0 Å². The molecule has 0 aliphatic carbocycles. The van der Waals surface area contributed by atoms with Crippen LogP contribution in [-0.2, 0) is 0 Å². The van der Waals surface area contributed by atoms with E-state index in [4.69, 9.17) is 0 Å². The molecule has 2 atom stereocenters. The van der Waals surface area contributed by atoms with Crippen LogP contribution < -0.4 is 0 Å². The van der Waals surface area contributed by atoms with Crippen molar-refractivity contribution in [1.82, 2.24) is 0 Å². The first-order valence-corrected chi connectivity index (χ1v) is 5.45. The lowest BCUT2D eigenvalue weighted by Crippen LogP contribution is -2.32. The third-order valence-corrected chi connectivity index (χ3v) is 2.49. The molecule has 0 bridgehead atoms. The van der Waals surface area contributed by atoms with Gasteiger partial charge in [-0.1, -0.05) is 39.5 Å².